The smallest absolute Gasteiger partial charge is 0.151 e. The van der Waals surface area contributed by atoms with Crippen LogP contribution in [0.2, 0.25) is 0 Å². The lowest BCUT2D eigenvalue weighted by Crippen LogP contribution is -2.25. The molecule has 4 heteroatoms. The third kappa shape index (κ3) is 2.37. The lowest BCUT2D eigenvalue weighted by Gasteiger charge is -2.20. The highest BCUT2D eigenvalue weighted by atomic mass is 16.3. The van der Waals surface area contributed by atoms with Gasteiger partial charge in [0.2, 0.25) is 0 Å². The van der Waals surface area contributed by atoms with E-state index in [1.807, 2.05) is 12.1 Å². The van der Waals surface area contributed by atoms with Crippen molar-refractivity contribution in [1.82, 2.24) is 10.2 Å². The molecule has 0 spiro atoms. The second-order valence-electron chi connectivity index (χ2n) is 4.69. The summed E-state index contributed by atoms with van der Waals surface area (Å²) in [6.07, 6.45) is 8.51. The SMILES string of the molecule is c1cc(-c2ccc(N3CCCCCC3)nn2)co1. The molecule has 0 atom stereocenters. The number of nitrogens with zero attached hydrogens (tertiary/aromatic N) is 3. The second-order valence-corrected chi connectivity index (χ2v) is 4.69. The van der Waals surface area contributed by atoms with Crippen LogP contribution in [0.1, 0.15) is 25.7 Å². The van der Waals surface area contributed by atoms with E-state index in [4.69, 9.17) is 4.42 Å². The summed E-state index contributed by atoms with van der Waals surface area (Å²) in [5.41, 5.74) is 1.84. The lowest BCUT2D eigenvalue weighted by atomic mass is 10.2. The van der Waals surface area contributed by atoms with Crippen LogP contribution in [0, 0.1) is 0 Å². The van der Waals surface area contributed by atoms with Gasteiger partial charge in [-0.25, -0.2) is 0 Å². The van der Waals surface area contributed by atoms with Gasteiger partial charge >= 0.3 is 0 Å². The Balaban J connectivity index is 1.78. The van der Waals surface area contributed by atoms with Crippen molar-refractivity contribution in [3.63, 3.8) is 0 Å². The molecule has 0 N–H and O–H groups in total. The van der Waals surface area contributed by atoms with Gasteiger partial charge in [0.25, 0.3) is 0 Å². The van der Waals surface area contributed by atoms with Gasteiger partial charge in [-0.2, -0.15) is 0 Å². The molecule has 1 saturated heterocycles. The summed E-state index contributed by atoms with van der Waals surface area (Å²) in [6, 6.07) is 5.97. The number of hydrogen-bond donors (Lipinski definition) is 0. The normalized spacial score (nSPS) is 16.6. The molecule has 1 fully saturated rings. The van der Waals surface area contributed by atoms with Crippen LogP contribution < -0.4 is 4.90 Å². The van der Waals surface area contributed by atoms with Crippen LogP contribution >= 0.6 is 0 Å². The summed E-state index contributed by atoms with van der Waals surface area (Å²) in [4.78, 5) is 2.33. The van der Waals surface area contributed by atoms with Gasteiger partial charge in [-0.1, -0.05) is 12.8 Å². The Morgan fingerprint density at radius 3 is 2.39 bits per heavy atom. The second kappa shape index (κ2) is 5.21. The molecule has 94 valence electrons. The monoisotopic (exact) mass is 243 g/mol. The van der Waals surface area contributed by atoms with Crippen molar-refractivity contribution in [3.05, 3.63) is 30.7 Å². The van der Waals surface area contributed by atoms with Gasteiger partial charge in [0.1, 0.15) is 0 Å². The van der Waals surface area contributed by atoms with Crippen molar-refractivity contribution >= 4 is 5.82 Å². The molecule has 0 radical (unpaired) electrons. The predicted molar refractivity (Wildman–Crippen MR) is 70.4 cm³/mol. The average molecular weight is 243 g/mol. The van der Waals surface area contributed by atoms with Crippen LogP contribution in [-0.2, 0) is 0 Å². The Morgan fingerprint density at radius 2 is 1.78 bits per heavy atom. The van der Waals surface area contributed by atoms with E-state index < -0.39 is 0 Å². The van der Waals surface area contributed by atoms with E-state index in [0.717, 1.165) is 30.2 Å². The number of hydrogen-bond acceptors (Lipinski definition) is 4. The molecular weight excluding hydrogens is 226 g/mol. The predicted octanol–water partition coefficient (Wildman–Crippen LogP) is 3.12. The maximum absolute atomic E-state index is 5.05. The third-order valence-electron chi connectivity index (χ3n) is 3.40. The summed E-state index contributed by atoms with van der Waals surface area (Å²) in [5, 5.41) is 8.61. The molecule has 1 aliphatic heterocycles. The van der Waals surface area contributed by atoms with E-state index in [-0.39, 0.29) is 0 Å². The van der Waals surface area contributed by atoms with Crippen LogP contribution in [0.3, 0.4) is 0 Å². The maximum Gasteiger partial charge on any atom is 0.151 e. The largest absolute Gasteiger partial charge is 0.472 e. The minimum atomic E-state index is 0.863. The molecule has 0 aliphatic carbocycles. The highest BCUT2D eigenvalue weighted by molar-refractivity contribution is 5.58. The molecule has 1 aliphatic rings. The first kappa shape index (κ1) is 11.3. The maximum atomic E-state index is 5.05. The Hall–Kier alpha value is -1.84. The van der Waals surface area contributed by atoms with Crippen LogP contribution in [0.5, 0.6) is 0 Å². The molecule has 0 amide bonds. The highest BCUT2D eigenvalue weighted by Crippen LogP contribution is 2.20. The quantitative estimate of drug-likeness (QED) is 0.812. The molecule has 4 nitrogen and oxygen atoms in total. The fourth-order valence-corrected chi connectivity index (χ4v) is 2.36. The molecule has 3 rings (SSSR count). The van der Waals surface area contributed by atoms with E-state index in [1.165, 1.54) is 25.7 Å². The van der Waals surface area contributed by atoms with Gasteiger partial charge in [0.15, 0.2) is 5.82 Å². The summed E-state index contributed by atoms with van der Waals surface area (Å²) in [5.74, 6) is 0.990. The summed E-state index contributed by atoms with van der Waals surface area (Å²) in [6.45, 7) is 2.19. The number of anilines is 1. The molecule has 3 heterocycles. The van der Waals surface area contributed by atoms with Crippen molar-refractivity contribution in [1.29, 1.82) is 0 Å². The molecule has 0 unspecified atom stereocenters. The fraction of sp³-hybridized carbons (Fsp3) is 0.429. The van der Waals surface area contributed by atoms with E-state index in [1.54, 1.807) is 12.5 Å². The van der Waals surface area contributed by atoms with Crippen molar-refractivity contribution in [2.75, 3.05) is 18.0 Å². The van der Waals surface area contributed by atoms with Gasteiger partial charge in [0, 0.05) is 18.7 Å². The molecule has 0 bridgehead atoms. The van der Waals surface area contributed by atoms with E-state index in [9.17, 15) is 0 Å². The Labute approximate surface area is 107 Å². The third-order valence-corrected chi connectivity index (χ3v) is 3.40. The van der Waals surface area contributed by atoms with Crippen LogP contribution in [0.4, 0.5) is 5.82 Å². The van der Waals surface area contributed by atoms with E-state index in [2.05, 4.69) is 21.2 Å². The summed E-state index contributed by atoms with van der Waals surface area (Å²) < 4.78 is 5.05. The zero-order valence-corrected chi connectivity index (χ0v) is 10.4. The van der Waals surface area contributed by atoms with Crippen LogP contribution in [0.25, 0.3) is 11.3 Å². The van der Waals surface area contributed by atoms with E-state index >= 15 is 0 Å². The average Bonchev–Trinajstić information content (AvgIpc) is 2.82. The minimum Gasteiger partial charge on any atom is -0.472 e. The standard InChI is InChI=1S/C14H17N3O/c1-2-4-9-17(8-3-1)14-6-5-13(15-16-14)12-7-10-18-11-12/h5-7,10-11H,1-4,8-9H2. The zero-order chi connectivity index (χ0) is 12.2. The topological polar surface area (TPSA) is 42.2 Å². The molecular formula is C14H17N3O. The van der Waals surface area contributed by atoms with Crippen LogP contribution in [0.15, 0.2) is 35.1 Å². The Kier molecular flexibility index (Phi) is 3.26. The minimum absolute atomic E-state index is 0.863. The summed E-state index contributed by atoms with van der Waals surface area (Å²) >= 11 is 0. The Bertz CT molecular complexity index is 470. The van der Waals surface area contributed by atoms with Gasteiger partial charge in [-0.3, -0.25) is 0 Å². The van der Waals surface area contributed by atoms with Gasteiger partial charge in [-0.15, -0.1) is 10.2 Å². The first-order valence-corrected chi connectivity index (χ1v) is 6.55. The molecule has 0 aromatic carbocycles. The van der Waals surface area contributed by atoms with Crippen LogP contribution in [-0.4, -0.2) is 23.3 Å². The van der Waals surface area contributed by atoms with Crippen molar-refractivity contribution in [2.24, 2.45) is 0 Å². The summed E-state index contributed by atoms with van der Waals surface area (Å²) in [7, 11) is 0. The van der Waals surface area contributed by atoms with Gasteiger partial charge < -0.3 is 9.32 Å². The zero-order valence-electron chi connectivity index (χ0n) is 10.4. The van der Waals surface area contributed by atoms with E-state index in [0.29, 0.717) is 0 Å². The van der Waals surface area contributed by atoms with Gasteiger partial charge in [-0.05, 0) is 31.0 Å². The van der Waals surface area contributed by atoms with Crippen molar-refractivity contribution in [2.45, 2.75) is 25.7 Å². The van der Waals surface area contributed by atoms with Crippen molar-refractivity contribution < 1.29 is 4.42 Å². The molecule has 0 saturated carbocycles. The molecule has 2 aromatic rings. The van der Waals surface area contributed by atoms with Crippen molar-refractivity contribution in [3.8, 4) is 11.3 Å². The van der Waals surface area contributed by atoms with Gasteiger partial charge in [0.05, 0.1) is 18.2 Å². The fourth-order valence-electron chi connectivity index (χ4n) is 2.36. The molecule has 2 aromatic heterocycles. The highest BCUT2D eigenvalue weighted by Gasteiger charge is 2.11. The number of rotatable bonds is 2. The molecule has 18 heavy (non-hydrogen) atoms. The number of furan rings is 1. The number of aromatic nitrogens is 2. The first-order valence-electron chi connectivity index (χ1n) is 6.55. The lowest BCUT2D eigenvalue weighted by molar-refractivity contribution is 0.568. The first-order chi connectivity index (χ1) is 8.93. The Morgan fingerprint density at radius 1 is 0.944 bits per heavy atom.